The van der Waals surface area contributed by atoms with Gasteiger partial charge in [0.05, 0.1) is 12.7 Å². The lowest BCUT2D eigenvalue weighted by molar-refractivity contribution is 0.224. The Bertz CT molecular complexity index is 984. The molecule has 0 unspecified atom stereocenters. The van der Waals surface area contributed by atoms with E-state index in [-0.39, 0.29) is 12.1 Å². The molecule has 1 heterocycles. The van der Waals surface area contributed by atoms with Crippen molar-refractivity contribution in [2.24, 2.45) is 5.73 Å². The van der Waals surface area contributed by atoms with Gasteiger partial charge in [-0.05, 0) is 62.9 Å². The van der Waals surface area contributed by atoms with Crippen molar-refractivity contribution in [3.05, 3.63) is 47.5 Å². The number of aromatic nitrogens is 2. The first-order valence-corrected chi connectivity index (χ1v) is 10.5. The number of ether oxygens (including phenoxy) is 2. The smallest absolute Gasteiger partial charge is 0.161 e. The molecule has 1 aromatic heterocycles. The Morgan fingerprint density at radius 1 is 1.14 bits per heavy atom. The second-order valence-corrected chi connectivity index (χ2v) is 8.17. The molecule has 0 saturated heterocycles. The quantitative estimate of drug-likeness (QED) is 0.636. The van der Waals surface area contributed by atoms with Gasteiger partial charge < -0.3 is 15.2 Å². The molecule has 6 heteroatoms. The van der Waals surface area contributed by atoms with E-state index < -0.39 is 0 Å². The Hall–Kier alpha value is -2.44. The molecule has 1 aliphatic carbocycles. The van der Waals surface area contributed by atoms with Crippen LogP contribution in [0.15, 0.2) is 36.4 Å². The van der Waals surface area contributed by atoms with Crippen molar-refractivity contribution in [3.8, 4) is 32.6 Å². The maximum atomic E-state index is 6.22. The third-order valence-electron chi connectivity index (χ3n) is 4.83. The van der Waals surface area contributed by atoms with Crippen LogP contribution in [0.5, 0.6) is 11.5 Å². The molecule has 0 radical (unpaired) electrons. The summed E-state index contributed by atoms with van der Waals surface area (Å²) in [6.45, 7) is 6.56. The van der Waals surface area contributed by atoms with Crippen molar-refractivity contribution in [1.29, 1.82) is 0 Å². The van der Waals surface area contributed by atoms with Crippen molar-refractivity contribution >= 4 is 11.3 Å². The zero-order valence-electron chi connectivity index (χ0n) is 16.4. The highest BCUT2D eigenvalue weighted by Gasteiger charge is 2.23. The van der Waals surface area contributed by atoms with Crippen molar-refractivity contribution < 1.29 is 9.47 Å². The van der Waals surface area contributed by atoms with Gasteiger partial charge in [-0.3, -0.25) is 0 Å². The van der Waals surface area contributed by atoms with Crippen LogP contribution in [0, 0.1) is 0 Å². The average molecular weight is 396 g/mol. The Labute approximate surface area is 169 Å². The van der Waals surface area contributed by atoms with Gasteiger partial charge in [0.25, 0.3) is 0 Å². The molecule has 146 valence electrons. The summed E-state index contributed by atoms with van der Waals surface area (Å²) in [6, 6.07) is 12.4. The summed E-state index contributed by atoms with van der Waals surface area (Å²) in [5.41, 5.74) is 10.9. The average Bonchev–Trinajstić information content (AvgIpc) is 3.30. The van der Waals surface area contributed by atoms with Crippen LogP contribution < -0.4 is 15.2 Å². The number of hydrogen-bond donors (Lipinski definition) is 1. The van der Waals surface area contributed by atoms with Gasteiger partial charge >= 0.3 is 0 Å². The molecule has 0 amide bonds. The Balaban J connectivity index is 1.68. The Morgan fingerprint density at radius 2 is 1.96 bits per heavy atom. The standard InChI is InChI=1S/C22H25N3O2S/c1-4-26-20-12-14(8-11-19(20)27-13(2)3)21-24-25-22(28-21)17-7-5-6-16-15(17)9-10-18(16)23/h5-8,11-13,18H,4,9-10,23H2,1-3H3/t18-/m1/s1. The van der Waals surface area contributed by atoms with E-state index in [9.17, 15) is 0 Å². The summed E-state index contributed by atoms with van der Waals surface area (Å²) in [7, 11) is 0. The van der Waals surface area contributed by atoms with Crippen molar-refractivity contribution in [2.75, 3.05) is 6.61 Å². The third kappa shape index (κ3) is 3.62. The van der Waals surface area contributed by atoms with Crippen LogP contribution in [0.3, 0.4) is 0 Å². The summed E-state index contributed by atoms with van der Waals surface area (Å²) < 4.78 is 11.6. The van der Waals surface area contributed by atoms with E-state index in [1.165, 1.54) is 11.1 Å². The van der Waals surface area contributed by atoms with Crippen LogP contribution in [0.4, 0.5) is 0 Å². The number of benzene rings is 2. The van der Waals surface area contributed by atoms with Gasteiger partial charge in [0.2, 0.25) is 0 Å². The molecule has 0 aliphatic heterocycles. The molecule has 28 heavy (non-hydrogen) atoms. The van der Waals surface area contributed by atoms with Gasteiger partial charge in [0.15, 0.2) is 11.5 Å². The fraction of sp³-hybridized carbons (Fsp3) is 0.364. The largest absolute Gasteiger partial charge is 0.490 e. The molecule has 5 nitrogen and oxygen atoms in total. The molecule has 0 saturated carbocycles. The number of nitrogens with two attached hydrogens (primary N) is 1. The Morgan fingerprint density at radius 3 is 2.75 bits per heavy atom. The predicted molar refractivity (Wildman–Crippen MR) is 113 cm³/mol. The minimum atomic E-state index is 0.0877. The molecule has 0 spiro atoms. The van der Waals surface area contributed by atoms with Gasteiger partial charge in [0, 0.05) is 17.2 Å². The van der Waals surface area contributed by atoms with Crippen molar-refractivity contribution in [1.82, 2.24) is 10.2 Å². The molecular formula is C22H25N3O2S. The highest BCUT2D eigenvalue weighted by molar-refractivity contribution is 7.17. The zero-order chi connectivity index (χ0) is 19.7. The number of fused-ring (bicyclic) bond motifs is 1. The van der Waals surface area contributed by atoms with E-state index in [1.807, 2.05) is 39.0 Å². The van der Waals surface area contributed by atoms with E-state index >= 15 is 0 Å². The fourth-order valence-electron chi connectivity index (χ4n) is 3.60. The summed E-state index contributed by atoms with van der Waals surface area (Å²) in [4.78, 5) is 0. The topological polar surface area (TPSA) is 70.3 Å². The molecule has 4 rings (SSSR count). The molecule has 0 bridgehead atoms. The molecule has 0 fully saturated rings. The first-order chi connectivity index (χ1) is 13.6. The van der Waals surface area contributed by atoms with Gasteiger partial charge in [-0.2, -0.15) is 0 Å². The second-order valence-electron chi connectivity index (χ2n) is 7.19. The SMILES string of the molecule is CCOc1cc(-c2nnc(-c3cccc4c3CC[C@H]4N)s2)ccc1OC(C)C. The van der Waals surface area contributed by atoms with Crippen molar-refractivity contribution in [2.45, 2.75) is 45.8 Å². The van der Waals surface area contributed by atoms with E-state index in [0.717, 1.165) is 45.5 Å². The summed E-state index contributed by atoms with van der Waals surface area (Å²) >= 11 is 1.59. The van der Waals surface area contributed by atoms with Crippen LogP contribution in [0.2, 0.25) is 0 Å². The lowest BCUT2D eigenvalue weighted by Crippen LogP contribution is -2.07. The number of nitrogens with zero attached hydrogens (tertiary/aromatic N) is 2. The lowest BCUT2D eigenvalue weighted by Gasteiger charge is -2.15. The van der Waals surface area contributed by atoms with Crippen LogP contribution in [0.25, 0.3) is 21.1 Å². The predicted octanol–water partition coefficient (Wildman–Crippen LogP) is 5.00. The van der Waals surface area contributed by atoms with Crippen LogP contribution >= 0.6 is 11.3 Å². The normalized spacial score (nSPS) is 15.7. The monoisotopic (exact) mass is 395 g/mol. The highest BCUT2D eigenvalue weighted by Crippen LogP contribution is 2.40. The maximum absolute atomic E-state index is 6.22. The first kappa shape index (κ1) is 18.9. The molecular weight excluding hydrogens is 370 g/mol. The third-order valence-corrected chi connectivity index (χ3v) is 5.83. The van der Waals surface area contributed by atoms with E-state index in [2.05, 4.69) is 28.4 Å². The van der Waals surface area contributed by atoms with E-state index in [0.29, 0.717) is 6.61 Å². The van der Waals surface area contributed by atoms with Crippen LogP contribution in [-0.2, 0) is 6.42 Å². The molecule has 2 N–H and O–H groups in total. The molecule has 3 aromatic rings. The number of rotatable bonds is 6. The summed E-state index contributed by atoms with van der Waals surface area (Å²) in [5.74, 6) is 1.48. The summed E-state index contributed by atoms with van der Waals surface area (Å²) in [5, 5.41) is 10.7. The second kappa shape index (κ2) is 7.89. The van der Waals surface area contributed by atoms with Gasteiger partial charge in [0.1, 0.15) is 10.0 Å². The summed E-state index contributed by atoms with van der Waals surface area (Å²) in [6.07, 6.45) is 2.08. The molecule has 2 aromatic carbocycles. The maximum Gasteiger partial charge on any atom is 0.161 e. The minimum absolute atomic E-state index is 0.0877. The van der Waals surface area contributed by atoms with Crippen molar-refractivity contribution in [3.63, 3.8) is 0 Å². The minimum Gasteiger partial charge on any atom is -0.490 e. The van der Waals surface area contributed by atoms with Crippen LogP contribution in [-0.4, -0.2) is 22.9 Å². The fourth-order valence-corrected chi connectivity index (χ4v) is 4.49. The molecule has 1 atom stereocenters. The highest BCUT2D eigenvalue weighted by atomic mass is 32.1. The van der Waals surface area contributed by atoms with Gasteiger partial charge in [-0.25, -0.2) is 0 Å². The first-order valence-electron chi connectivity index (χ1n) is 9.72. The van der Waals surface area contributed by atoms with E-state index in [1.54, 1.807) is 11.3 Å². The van der Waals surface area contributed by atoms with Gasteiger partial charge in [-0.15, -0.1) is 10.2 Å². The lowest BCUT2D eigenvalue weighted by atomic mass is 10.0. The Kier molecular flexibility index (Phi) is 5.33. The van der Waals surface area contributed by atoms with Gasteiger partial charge in [-0.1, -0.05) is 29.5 Å². The zero-order valence-corrected chi connectivity index (χ0v) is 17.3. The molecule has 1 aliphatic rings. The van der Waals surface area contributed by atoms with Crippen LogP contribution in [0.1, 0.15) is 44.4 Å². The van der Waals surface area contributed by atoms with E-state index in [4.69, 9.17) is 15.2 Å². The number of hydrogen-bond acceptors (Lipinski definition) is 6.